The number of carbonyl (C=O) groups is 1. The molecule has 4 nitrogen and oxygen atoms in total. The standard InChI is InChI=1S/C12H24NO3Si/c1-11(2,3)17(4,5)16-9-7-12(10(13)14)6-8-15-12/h6H,7-9H2,1-5H3,(H2,13,14). The first-order valence-corrected chi connectivity index (χ1v) is 8.94. The minimum atomic E-state index is -1.75. The maximum Gasteiger partial charge on any atom is 0.250 e. The summed E-state index contributed by atoms with van der Waals surface area (Å²) in [5.41, 5.74) is 4.46. The van der Waals surface area contributed by atoms with Gasteiger partial charge in [0.1, 0.15) is 0 Å². The van der Waals surface area contributed by atoms with Crippen LogP contribution in [0.5, 0.6) is 0 Å². The van der Waals surface area contributed by atoms with Crippen molar-refractivity contribution in [2.24, 2.45) is 5.73 Å². The van der Waals surface area contributed by atoms with Crippen LogP contribution in [0.1, 0.15) is 27.2 Å². The molecular formula is C12H24NO3Si. The highest BCUT2D eigenvalue weighted by atomic mass is 28.4. The third kappa shape index (κ3) is 3.08. The van der Waals surface area contributed by atoms with Gasteiger partial charge < -0.3 is 14.9 Å². The van der Waals surface area contributed by atoms with E-state index in [9.17, 15) is 4.79 Å². The molecule has 0 aromatic rings. The molecule has 1 aliphatic heterocycles. The number of hydrogen-bond donors (Lipinski definition) is 1. The van der Waals surface area contributed by atoms with Crippen molar-refractivity contribution in [1.29, 1.82) is 0 Å². The molecule has 1 radical (unpaired) electrons. The van der Waals surface area contributed by atoms with Gasteiger partial charge in [-0.2, -0.15) is 0 Å². The largest absolute Gasteiger partial charge is 0.417 e. The van der Waals surface area contributed by atoms with Gasteiger partial charge in [-0.3, -0.25) is 4.79 Å². The van der Waals surface area contributed by atoms with E-state index in [0.717, 1.165) is 0 Å². The van der Waals surface area contributed by atoms with E-state index >= 15 is 0 Å². The number of hydrogen-bond acceptors (Lipinski definition) is 3. The molecule has 0 bridgehead atoms. The van der Waals surface area contributed by atoms with E-state index in [4.69, 9.17) is 14.9 Å². The Hall–Kier alpha value is -0.393. The smallest absolute Gasteiger partial charge is 0.250 e. The average molecular weight is 258 g/mol. The summed E-state index contributed by atoms with van der Waals surface area (Å²) < 4.78 is 11.3. The molecule has 0 saturated carbocycles. The van der Waals surface area contributed by atoms with Crippen molar-refractivity contribution in [3.63, 3.8) is 0 Å². The van der Waals surface area contributed by atoms with Crippen molar-refractivity contribution in [3.05, 3.63) is 6.42 Å². The Labute approximate surface area is 105 Å². The number of ether oxygens (including phenoxy) is 1. The van der Waals surface area contributed by atoms with Gasteiger partial charge in [-0.05, 0) is 18.1 Å². The molecule has 5 heteroatoms. The number of nitrogens with two attached hydrogens (primary N) is 1. The Morgan fingerprint density at radius 3 is 2.35 bits per heavy atom. The minimum Gasteiger partial charge on any atom is -0.417 e. The van der Waals surface area contributed by atoms with Crippen molar-refractivity contribution in [3.8, 4) is 0 Å². The van der Waals surface area contributed by atoms with E-state index in [2.05, 4.69) is 33.9 Å². The van der Waals surface area contributed by atoms with Crippen LogP contribution < -0.4 is 5.73 Å². The van der Waals surface area contributed by atoms with Crippen molar-refractivity contribution in [2.45, 2.75) is 50.9 Å². The molecule has 1 unspecified atom stereocenters. The first-order valence-electron chi connectivity index (χ1n) is 6.03. The maximum atomic E-state index is 11.3. The second-order valence-electron chi connectivity index (χ2n) is 6.13. The van der Waals surface area contributed by atoms with Crippen molar-refractivity contribution < 1.29 is 14.0 Å². The van der Waals surface area contributed by atoms with E-state index in [1.165, 1.54) is 0 Å². The van der Waals surface area contributed by atoms with Crippen LogP contribution in [0.2, 0.25) is 18.1 Å². The summed E-state index contributed by atoms with van der Waals surface area (Å²) in [5.74, 6) is -0.414. The fraction of sp³-hybridized carbons (Fsp3) is 0.833. The Morgan fingerprint density at radius 1 is 1.53 bits per heavy atom. The van der Waals surface area contributed by atoms with Crippen molar-refractivity contribution >= 4 is 14.2 Å². The van der Waals surface area contributed by atoms with Crippen LogP contribution in [-0.2, 0) is 14.0 Å². The number of primary amides is 1. The Bertz CT molecular complexity index is 293. The van der Waals surface area contributed by atoms with Crippen LogP contribution in [-0.4, -0.2) is 33.0 Å². The topological polar surface area (TPSA) is 61.5 Å². The molecule has 0 aromatic carbocycles. The van der Waals surface area contributed by atoms with Gasteiger partial charge in [0.15, 0.2) is 13.9 Å². The lowest BCUT2D eigenvalue weighted by molar-refractivity contribution is -0.155. The van der Waals surface area contributed by atoms with E-state index in [0.29, 0.717) is 19.6 Å². The molecule has 1 fully saturated rings. The number of amides is 1. The van der Waals surface area contributed by atoms with Crippen LogP contribution in [0.4, 0.5) is 0 Å². The minimum absolute atomic E-state index is 0.178. The lowest BCUT2D eigenvalue weighted by Gasteiger charge is -2.41. The highest BCUT2D eigenvalue weighted by molar-refractivity contribution is 6.74. The molecule has 1 amide bonds. The quantitative estimate of drug-likeness (QED) is 0.766. The fourth-order valence-electron chi connectivity index (χ4n) is 1.43. The van der Waals surface area contributed by atoms with Gasteiger partial charge in [0.2, 0.25) is 5.91 Å². The molecule has 0 aliphatic carbocycles. The van der Waals surface area contributed by atoms with Gasteiger partial charge in [0, 0.05) is 19.4 Å². The predicted molar refractivity (Wildman–Crippen MR) is 69.9 cm³/mol. The summed E-state index contributed by atoms with van der Waals surface area (Å²) in [7, 11) is -1.75. The molecule has 1 atom stereocenters. The fourth-order valence-corrected chi connectivity index (χ4v) is 2.47. The van der Waals surface area contributed by atoms with Gasteiger partial charge in [-0.1, -0.05) is 20.8 Å². The second-order valence-corrected chi connectivity index (χ2v) is 10.9. The zero-order valence-electron chi connectivity index (χ0n) is 11.5. The third-order valence-electron chi connectivity index (χ3n) is 3.91. The molecule has 1 rings (SSSR count). The first-order chi connectivity index (χ1) is 7.61. The summed E-state index contributed by atoms with van der Waals surface area (Å²) in [6.07, 6.45) is 2.35. The normalized spacial score (nSPS) is 25.5. The predicted octanol–water partition coefficient (Wildman–Crippen LogP) is 1.86. The van der Waals surface area contributed by atoms with Crippen LogP contribution in [0.3, 0.4) is 0 Å². The van der Waals surface area contributed by atoms with Gasteiger partial charge in [0.25, 0.3) is 0 Å². The molecule has 99 valence electrons. The van der Waals surface area contributed by atoms with Crippen LogP contribution in [0.25, 0.3) is 0 Å². The first kappa shape index (κ1) is 14.7. The number of carbonyl (C=O) groups excluding carboxylic acids is 1. The maximum absolute atomic E-state index is 11.3. The third-order valence-corrected chi connectivity index (χ3v) is 8.45. The Kier molecular flexibility index (Phi) is 4.06. The summed E-state index contributed by atoms with van der Waals surface area (Å²) in [5, 5.41) is 0.178. The van der Waals surface area contributed by atoms with Gasteiger partial charge in [0.05, 0.1) is 6.61 Å². The summed E-state index contributed by atoms with van der Waals surface area (Å²) in [4.78, 5) is 11.3. The molecule has 17 heavy (non-hydrogen) atoms. The van der Waals surface area contributed by atoms with Crippen LogP contribution >= 0.6 is 0 Å². The summed E-state index contributed by atoms with van der Waals surface area (Å²) in [6, 6.07) is 0. The number of rotatable bonds is 5. The molecule has 1 heterocycles. The van der Waals surface area contributed by atoms with E-state index < -0.39 is 19.8 Å². The SMILES string of the molecule is CC(C)(C)[Si](C)(C)OCCC1(C(N)=O)[CH]CO1. The summed E-state index contributed by atoms with van der Waals surface area (Å²) >= 11 is 0. The van der Waals surface area contributed by atoms with Crippen LogP contribution in [0.15, 0.2) is 0 Å². The highest BCUT2D eigenvalue weighted by Gasteiger charge is 2.45. The Balaban J connectivity index is 2.45. The zero-order chi connectivity index (χ0) is 13.3. The molecule has 1 aliphatic rings. The van der Waals surface area contributed by atoms with Crippen LogP contribution in [0, 0.1) is 6.42 Å². The van der Waals surface area contributed by atoms with E-state index in [1.54, 1.807) is 0 Å². The molecule has 0 aromatic heterocycles. The molecule has 2 N–H and O–H groups in total. The zero-order valence-corrected chi connectivity index (χ0v) is 12.5. The van der Waals surface area contributed by atoms with Crippen molar-refractivity contribution in [1.82, 2.24) is 0 Å². The second kappa shape index (κ2) is 4.70. The van der Waals surface area contributed by atoms with Crippen molar-refractivity contribution in [2.75, 3.05) is 13.2 Å². The molecule has 0 spiro atoms. The molecular weight excluding hydrogens is 234 g/mol. The monoisotopic (exact) mass is 258 g/mol. The average Bonchev–Trinajstić information content (AvgIpc) is 2.06. The van der Waals surface area contributed by atoms with E-state index in [-0.39, 0.29) is 5.04 Å². The van der Waals surface area contributed by atoms with Gasteiger partial charge in [-0.25, -0.2) is 0 Å². The molecule has 1 saturated heterocycles. The Morgan fingerprint density at radius 2 is 2.06 bits per heavy atom. The van der Waals surface area contributed by atoms with Gasteiger partial charge >= 0.3 is 0 Å². The lowest BCUT2D eigenvalue weighted by Crippen LogP contribution is -2.56. The summed E-state index contributed by atoms with van der Waals surface area (Å²) in [6.45, 7) is 12.0. The highest BCUT2D eigenvalue weighted by Crippen LogP contribution is 2.37. The van der Waals surface area contributed by atoms with E-state index in [1.807, 2.05) is 6.42 Å². The van der Waals surface area contributed by atoms with Gasteiger partial charge in [-0.15, -0.1) is 0 Å². The lowest BCUT2D eigenvalue weighted by atomic mass is 9.91.